The third kappa shape index (κ3) is 6.43. The molecule has 0 N–H and O–H groups in total. The van der Waals surface area contributed by atoms with Gasteiger partial charge in [-0.25, -0.2) is 0 Å². The van der Waals surface area contributed by atoms with Gasteiger partial charge < -0.3 is 9.42 Å². The van der Waals surface area contributed by atoms with E-state index in [1.165, 1.54) is 0 Å². The number of phosphoric acid groups is 1. The molecule has 0 aliphatic rings. The second-order valence-electron chi connectivity index (χ2n) is 2.20. The molecule has 4 nitrogen and oxygen atoms in total. The first-order chi connectivity index (χ1) is 6.40. The molecule has 0 aliphatic carbocycles. The maximum absolute atomic E-state index is 11.7. The van der Waals surface area contributed by atoms with Crippen molar-refractivity contribution in [3.8, 4) is 0 Å². The minimum atomic E-state index is -5.89. The summed E-state index contributed by atoms with van der Waals surface area (Å²) in [6.45, 7) is 0. The summed E-state index contributed by atoms with van der Waals surface area (Å²) in [4.78, 5) is 10.3. The average Bonchev–Trinajstić information content (AvgIpc) is 1.96. The standard InChI is InChI=1S/C4H5F6O4P.Na/c1-13-15(11,12)14-2(3(5,6)7)4(8,9)10;/h2H,1H3,(H,11,12);/q;+1/p-1. The number of halogens is 6. The van der Waals surface area contributed by atoms with Crippen LogP contribution in [0, 0.1) is 0 Å². The van der Waals surface area contributed by atoms with Crippen LogP contribution in [0.25, 0.3) is 0 Å². The zero-order valence-electron chi connectivity index (χ0n) is 7.93. The predicted octanol–water partition coefficient (Wildman–Crippen LogP) is -1.39. The SMILES string of the molecule is COP(=O)([O-])OC(C(F)(F)F)C(F)(F)F.[Na+]. The van der Waals surface area contributed by atoms with Crippen molar-refractivity contribution in [2.24, 2.45) is 0 Å². The van der Waals surface area contributed by atoms with Crippen LogP contribution in [0.4, 0.5) is 26.3 Å². The van der Waals surface area contributed by atoms with Gasteiger partial charge in [-0.3, -0.25) is 9.09 Å². The predicted molar refractivity (Wildman–Crippen MR) is 31.6 cm³/mol. The molecule has 12 heteroatoms. The second-order valence-corrected chi connectivity index (χ2v) is 3.67. The Labute approximate surface area is 108 Å². The fourth-order valence-electron chi connectivity index (χ4n) is 0.477. The van der Waals surface area contributed by atoms with Crippen molar-refractivity contribution in [2.45, 2.75) is 18.5 Å². The third-order valence-electron chi connectivity index (χ3n) is 1.05. The minimum Gasteiger partial charge on any atom is -0.756 e. The Morgan fingerprint density at radius 1 is 1.12 bits per heavy atom. The minimum absolute atomic E-state index is 0. The van der Waals surface area contributed by atoms with E-state index in [9.17, 15) is 35.8 Å². The zero-order valence-corrected chi connectivity index (χ0v) is 10.8. The number of hydrogen-bond donors (Lipinski definition) is 0. The molecule has 0 saturated carbocycles. The monoisotopic (exact) mass is 284 g/mol. The number of alkyl halides is 6. The summed E-state index contributed by atoms with van der Waals surface area (Å²) in [6, 6.07) is 0. The molecule has 0 aromatic rings. The van der Waals surface area contributed by atoms with Crippen molar-refractivity contribution in [2.75, 3.05) is 7.11 Å². The first kappa shape index (κ1) is 19.0. The van der Waals surface area contributed by atoms with Crippen LogP contribution in [0.5, 0.6) is 0 Å². The Bertz CT molecular complexity index is 250. The van der Waals surface area contributed by atoms with E-state index in [1.54, 1.807) is 0 Å². The van der Waals surface area contributed by atoms with Crippen LogP contribution in [-0.2, 0) is 13.6 Å². The number of rotatable bonds is 3. The van der Waals surface area contributed by atoms with Crippen LogP contribution in [0.2, 0.25) is 0 Å². The van der Waals surface area contributed by atoms with E-state index in [2.05, 4.69) is 9.05 Å². The first-order valence-corrected chi connectivity index (χ1v) is 4.55. The van der Waals surface area contributed by atoms with Crippen LogP contribution in [0.1, 0.15) is 0 Å². The average molecular weight is 284 g/mol. The molecule has 0 spiro atoms. The summed E-state index contributed by atoms with van der Waals surface area (Å²) >= 11 is 0. The largest absolute Gasteiger partial charge is 1.00 e. The van der Waals surface area contributed by atoms with Gasteiger partial charge in [0.1, 0.15) is 0 Å². The molecule has 1 unspecified atom stereocenters. The van der Waals surface area contributed by atoms with Crippen LogP contribution >= 0.6 is 7.82 Å². The quantitative estimate of drug-likeness (QED) is 0.364. The summed E-state index contributed by atoms with van der Waals surface area (Å²) in [6.07, 6.45) is -16.2. The Kier molecular flexibility index (Phi) is 7.18. The van der Waals surface area contributed by atoms with Crippen LogP contribution in [-0.4, -0.2) is 25.6 Å². The van der Waals surface area contributed by atoms with Crippen molar-refractivity contribution in [1.82, 2.24) is 0 Å². The molecular formula is C4H4F6NaO4P. The van der Waals surface area contributed by atoms with E-state index in [1.807, 2.05) is 0 Å². The van der Waals surface area contributed by atoms with Gasteiger partial charge in [0.15, 0.2) is 0 Å². The fourth-order valence-corrected chi connectivity index (χ4v) is 1.06. The van der Waals surface area contributed by atoms with Gasteiger partial charge in [0.25, 0.3) is 13.9 Å². The normalized spacial score (nSPS) is 16.8. The summed E-state index contributed by atoms with van der Waals surface area (Å²) in [5.41, 5.74) is 0. The molecule has 0 aromatic carbocycles. The Morgan fingerprint density at radius 2 is 1.44 bits per heavy atom. The summed E-state index contributed by atoms with van der Waals surface area (Å²) < 4.78 is 86.8. The molecule has 0 rings (SSSR count). The van der Waals surface area contributed by atoms with Gasteiger partial charge in [0.05, 0.1) is 0 Å². The van der Waals surface area contributed by atoms with Gasteiger partial charge in [0.2, 0.25) is 0 Å². The molecule has 1 atom stereocenters. The second kappa shape index (κ2) is 6.03. The molecule has 16 heavy (non-hydrogen) atoms. The molecule has 0 aromatic heterocycles. The molecular weight excluding hydrogens is 280 g/mol. The van der Waals surface area contributed by atoms with Crippen molar-refractivity contribution in [3.05, 3.63) is 0 Å². The number of phosphoric ester groups is 1. The first-order valence-electron chi connectivity index (χ1n) is 3.09. The van der Waals surface area contributed by atoms with E-state index in [-0.39, 0.29) is 29.6 Å². The maximum atomic E-state index is 11.7. The topological polar surface area (TPSA) is 58.6 Å². The molecule has 0 fully saturated rings. The smallest absolute Gasteiger partial charge is 0.756 e. The van der Waals surface area contributed by atoms with Gasteiger partial charge in [-0.05, 0) is 0 Å². The molecule has 0 amide bonds. The molecule has 0 heterocycles. The van der Waals surface area contributed by atoms with E-state index in [0.29, 0.717) is 7.11 Å². The van der Waals surface area contributed by atoms with E-state index in [4.69, 9.17) is 0 Å². The molecule has 0 aliphatic heterocycles. The summed E-state index contributed by atoms with van der Waals surface area (Å²) in [5, 5.41) is 0. The van der Waals surface area contributed by atoms with E-state index < -0.39 is 26.3 Å². The zero-order chi connectivity index (χ0) is 12.5. The van der Waals surface area contributed by atoms with Crippen molar-refractivity contribution >= 4 is 7.82 Å². The van der Waals surface area contributed by atoms with Crippen molar-refractivity contribution < 1.29 is 74.4 Å². The molecule has 92 valence electrons. The molecule has 0 radical (unpaired) electrons. The van der Waals surface area contributed by atoms with Gasteiger partial charge in [0, 0.05) is 7.11 Å². The number of hydrogen-bond acceptors (Lipinski definition) is 4. The maximum Gasteiger partial charge on any atom is 1.00 e. The van der Waals surface area contributed by atoms with Crippen LogP contribution in [0.3, 0.4) is 0 Å². The Morgan fingerprint density at radius 3 is 1.62 bits per heavy atom. The molecule has 0 bridgehead atoms. The third-order valence-corrected chi connectivity index (χ3v) is 1.97. The van der Waals surface area contributed by atoms with Gasteiger partial charge in [-0.2, -0.15) is 26.3 Å². The van der Waals surface area contributed by atoms with E-state index in [0.717, 1.165) is 0 Å². The van der Waals surface area contributed by atoms with E-state index >= 15 is 0 Å². The summed E-state index contributed by atoms with van der Waals surface area (Å²) in [5.74, 6) is 0. The Balaban J connectivity index is 0. The van der Waals surface area contributed by atoms with Gasteiger partial charge >= 0.3 is 41.9 Å². The van der Waals surface area contributed by atoms with Crippen molar-refractivity contribution in [1.29, 1.82) is 0 Å². The fraction of sp³-hybridized carbons (Fsp3) is 1.00. The summed E-state index contributed by atoms with van der Waals surface area (Å²) in [7, 11) is -5.24. The molecule has 0 saturated heterocycles. The van der Waals surface area contributed by atoms with Crippen molar-refractivity contribution in [3.63, 3.8) is 0 Å². The van der Waals surface area contributed by atoms with Crippen LogP contribution < -0.4 is 34.5 Å². The van der Waals surface area contributed by atoms with Gasteiger partial charge in [-0.15, -0.1) is 0 Å². The van der Waals surface area contributed by atoms with Crippen LogP contribution in [0.15, 0.2) is 0 Å². The Hall–Kier alpha value is 0.690. The van der Waals surface area contributed by atoms with Gasteiger partial charge in [-0.1, -0.05) is 0 Å².